The largest absolute Gasteiger partial charge is 0.508 e. The summed E-state index contributed by atoms with van der Waals surface area (Å²) in [5, 5.41) is 15.5. The number of aryl methyl sites for hydroxylation is 1. The number of hydrogen-bond donors (Lipinski definition) is 2. The number of quaternary nitrogens is 1. The van der Waals surface area contributed by atoms with Crippen LogP contribution in [0, 0.1) is 6.92 Å². The van der Waals surface area contributed by atoms with Gasteiger partial charge in [-0.15, -0.1) is 16.4 Å². The van der Waals surface area contributed by atoms with Gasteiger partial charge in [0, 0.05) is 12.0 Å². The summed E-state index contributed by atoms with van der Waals surface area (Å²) in [6.07, 6.45) is 1.05. The molecule has 6 nitrogen and oxygen atoms in total. The van der Waals surface area contributed by atoms with Gasteiger partial charge in [0.25, 0.3) is 0 Å². The Hall–Kier alpha value is -2.51. The number of rotatable bonds is 1. The second-order valence-electron chi connectivity index (χ2n) is 6.70. The number of benzene rings is 1. The molecule has 25 heavy (non-hydrogen) atoms. The number of hydrogen-bond acceptors (Lipinski definition) is 5. The van der Waals surface area contributed by atoms with Crippen molar-refractivity contribution in [3.8, 4) is 17.1 Å². The minimum absolute atomic E-state index is 0.218. The van der Waals surface area contributed by atoms with Crippen LogP contribution in [0.3, 0.4) is 0 Å². The molecule has 1 atom stereocenters. The van der Waals surface area contributed by atoms with E-state index in [0.717, 1.165) is 46.8 Å². The van der Waals surface area contributed by atoms with Crippen molar-refractivity contribution in [2.24, 2.45) is 0 Å². The molecular formula is C18H18N5OS+. The molecule has 0 fully saturated rings. The van der Waals surface area contributed by atoms with E-state index >= 15 is 0 Å². The first-order valence-corrected chi connectivity index (χ1v) is 9.20. The summed E-state index contributed by atoms with van der Waals surface area (Å²) in [4.78, 5) is 13.6. The zero-order valence-electron chi connectivity index (χ0n) is 14.1. The van der Waals surface area contributed by atoms with E-state index in [1.54, 1.807) is 23.5 Å². The third kappa shape index (κ3) is 2.23. The minimum Gasteiger partial charge on any atom is -0.508 e. The van der Waals surface area contributed by atoms with Gasteiger partial charge in [0.15, 0.2) is 11.5 Å². The number of phenols is 1. The van der Waals surface area contributed by atoms with Gasteiger partial charge in [0.2, 0.25) is 0 Å². The van der Waals surface area contributed by atoms with Crippen molar-refractivity contribution in [3.63, 3.8) is 0 Å². The third-order valence-electron chi connectivity index (χ3n) is 4.84. The number of thiophene rings is 1. The maximum absolute atomic E-state index is 9.75. The lowest BCUT2D eigenvalue weighted by Crippen LogP contribution is -3.08. The van der Waals surface area contributed by atoms with Gasteiger partial charge >= 0.3 is 0 Å². The van der Waals surface area contributed by atoms with Crippen LogP contribution >= 0.6 is 11.3 Å². The molecule has 2 N–H and O–H groups in total. The van der Waals surface area contributed by atoms with E-state index in [9.17, 15) is 5.11 Å². The molecule has 1 aliphatic heterocycles. The average molecular weight is 352 g/mol. The lowest BCUT2D eigenvalue weighted by atomic mass is 10.1. The standard InChI is InChI=1S/C18H17N5OS/c1-10-19-18-15(13-6-7-22(2)9-14(13)25-18)17-20-16(21-23(10)17)11-4-3-5-12(24)8-11/h3-5,8,24H,6-7,9H2,1-2H3/p+1. The van der Waals surface area contributed by atoms with Crippen molar-refractivity contribution < 1.29 is 10.0 Å². The Bertz CT molecular complexity index is 1130. The summed E-state index contributed by atoms with van der Waals surface area (Å²) < 4.78 is 1.83. The van der Waals surface area contributed by atoms with Crippen molar-refractivity contribution in [2.75, 3.05) is 13.6 Å². The molecule has 0 saturated heterocycles. The maximum Gasteiger partial charge on any atom is 0.182 e. The van der Waals surface area contributed by atoms with Crippen molar-refractivity contribution in [3.05, 3.63) is 40.5 Å². The molecule has 4 heterocycles. The fourth-order valence-electron chi connectivity index (χ4n) is 3.58. The summed E-state index contributed by atoms with van der Waals surface area (Å²) in [6.45, 7) is 4.14. The molecule has 0 amide bonds. The lowest BCUT2D eigenvalue weighted by Gasteiger charge is -2.19. The normalized spacial score (nSPS) is 17.3. The van der Waals surface area contributed by atoms with Crippen LogP contribution < -0.4 is 4.90 Å². The molecule has 5 rings (SSSR count). The summed E-state index contributed by atoms with van der Waals surface area (Å²) >= 11 is 1.79. The Kier molecular flexibility index (Phi) is 3.10. The van der Waals surface area contributed by atoms with Crippen LogP contribution in [0.5, 0.6) is 5.75 Å². The number of fused-ring (bicyclic) bond motifs is 5. The summed E-state index contributed by atoms with van der Waals surface area (Å²) in [7, 11) is 2.23. The Morgan fingerprint density at radius 1 is 1.28 bits per heavy atom. The van der Waals surface area contributed by atoms with Gasteiger partial charge in [-0.05, 0) is 24.6 Å². The second kappa shape index (κ2) is 5.24. The summed E-state index contributed by atoms with van der Waals surface area (Å²) in [5.74, 6) is 1.67. The molecule has 0 radical (unpaired) electrons. The van der Waals surface area contributed by atoms with Gasteiger partial charge < -0.3 is 10.0 Å². The van der Waals surface area contributed by atoms with Crippen LogP contribution in [0.15, 0.2) is 24.3 Å². The number of nitrogens with one attached hydrogen (secondary N) is 1. The zero-order chi connectivity index (χ0) is 17.1. The van der Waals surface area contributed by atoms with Crippen molar-refractivity contribution >= 4 is 27.2 Å². The molecule has 126 valence electrons. The highest BCUT2D eigenvalue weighted by Crippen LogP contribution is 2.34. The Morgan fingerprint density at radius 3 is 3.00 bits per heavy atom. The summed E-state index contributed by atoms with van der Waals surface area (Å²) in [6, 6.07) is 7.06. The van der Waals surface area contributed by atoms with Crippen molar-refractivity contribution in [2.45, 2.75) is 19.9 Å². The topological polar surface area (TPSA) is 67.8 Å². The maximum atomic E-state index is 9.75. The van der Waals surface area contributed by atoms with Crippen molar-refractivity contribution in [1.82, 2.24) is 19.6 Å². The number of aromatic hydroxyl groups is 1. The number of aromatic nitrogens is 4. The molecule has 3 aromatic heterocycles. The number of phenolic OH excluding ortho intramolecular Hbond substituents is 1. The minimum atomic E-state index is 0.218. The molecule has 1 aromatic carbocycles. The highest BCUT2D eigenvalue weighted by molar-refractivity contribution is 7.19. The van der Waals surface area contributed by atoms with Crippen LogP contribution in [-0.4, -0.2) is 38.3 Å². The fourth-order valence-corrected chi connectivity index (χ4v) is 4.95. The molecule has 4 aromatic rings. The van der Waals surface area contributed by atoms with Gasteiger partial charge in [-0.25, -0.2) is 9.97 Å². The molecular weight excluding hydrogens is 334 g/mol. The molecule has 0 aliphatic carbocycles. The predicted octanol–water partition coefficient (Wildman–Crippen LogP) is 1.59. The average Bonchev–Trinajstić information content (AvgIpc) is 3.15. The first-order valence-electron chi connectivity index (χ1n) is 8.38. The van der Waals surface area contributed by atoms with Crippen LogP contribution in [-0.2, 0) is 13.0 Å². The quantitative estimate of drug-likeness (QED) is 0.546. The van der Waals surface area contributed by atoms with Crippen LogP contribution in [0.2, 0.25) is 0 Å². The molecule has 1 unspecified atom stereocenters. The van der Waals surface area contributed by atoms with E-state index in [1.165, 1.54) is 15.3 Å². The number of likely N-dealkylation sites (N-methyl/N-ethyl adjacent to an activating group) is 1. The van der Waals surface area contributed by atoms with E-state index in [-0.39, 0.29) is 5.75 Å². The molecule has 1 aliphatic rings. The molecule has 0 saturated carbocycles. The van der Waals surface area contributed by atoms with Crippen molar-refractivity contribution in [1.29, 1.82) is 0 Å². The SMILES string of the molecule is Cc1nc2sc3c(c2c2nc(-c4cccc(O)c4)nn12)CC[NH+](C)C3. The highest BCUT2D eigenvalue weighted by atomic mass is 32.1. The van der Waals surface area contributed by atoms with Crippen LogP contribution in [0.4, 0.5) is 0 Å². The molecule has 0 bridgehead atoms. The van der Waals surface area contributed by atoms with E-state index < -0.39 is 0 Å². The Morgan fingerprint density at radius 2 is 2.16 bits per heavy atom. The van der Waals surface area contributed by atoms with E-state index in [0.29, 0.717) is 5.82 Å². The second-order valence-corrected chi connectivity index (χ2v) is 7.78. The smallest absolute Gasteiger partial charge is 0.182 e. The van der Waals surface area contributed by atoms with E-state index in [1.807, 2.05) is 23.6 Å². The lowest BCUT2D eigenvalue weighted by molar-refractivity contribution is -0.895. The number of nitrogens with zero attached hydrogens (tertiary/aromatic N) is 4. The third-order valence-corrected chi connectivity index (χ3v) is 5.97. The highest BCUT2D eigenvalue weighted by Gasteiger charge is 2.25. The van der Waals surface area contributed by atoms with E-state index in [2.05, 4.69) is 12.1 Å². The Balaban J connectivity index is 1.80. The van der Waals surface area contributed by atoms with Crippen LogP contribution in [0.1, 0.15) is 16.3 Å². The molecule has 0 spiro atoms. The van der Waals surface area contributed by atoms with Gasteiger partial charge in [-0.1, -0.05) is 12.1 Å². The van der Waals surface area contributed by atoms with E-state index in [4.69, 9.17) is 9.97 Å². The first kappa shape index (κ1) is 14.8. The monoisotopic (exact) mass is 352 g/mol. The first-order chi connectivity index (χ1) is 12.1. The van der Waals surface area contributed by atoms with Gasteiger partial charge in [0.05, 0.1) is 23.9 Å². The van der Waals surface area contributed by atoms with Gasteiger partial charge in [0.1, 0.15) is 22.9 Å². The van der Waals surface area contributed by atoms with Gasteiger partial charge in [-0.3, -0.25) is 0 Å². The Labute approximate surface area is 148 Å². The van der Waals surface area contributed by atoms with Crippen LogP contribution in [0.25, 0.3) is 27.3 Å². The fraction of sp³-hybridized carbons (Fsp3) is 0.278. The molecule has 7 heteroatoms. The zero-order valence-corrected chi connectivity index (χ0v) is 14.9. The van der Waals surface area contributed by atoms with Gasteiger partial charge in [-0.2, -0.15) is 4.52 Å². The summed E-state index contributed by atoms with van der Waals surface area (Å²) in [5.41, 5.74) is 3.07. The predicted molar refractivity (Wildman–Crippen MR) is 97.2 cm³/mol.